The van der Waals surface area contributed by atoms with E-state index in [0.717, 1.165) is 23.9 Å². The lowest BCUT2D eigenvalue weighted by Crippen LogP contribution is -2.16. The van der Waals surface area contributed by atoms with Crippen molar-refractivity contribution in [1.82, 2.24) is 5.32 Å². The Kier molecular flexibility index (Phi) is 5.28. The van der Waals surface area contributed by atoms with Crippen LogP contribution in [0.3, 0.4) is 0 Å². The monoisotopic (exact) mass is 215 g/mol. The van der Waals surface area contributed by atoms with Gasteiger partial charge in [-0.1, -0.05) is 23.7 Å². The maximum absolute atomic E-state index is 5.77. The summed E-state index contributed by atoms with van der Waals surface area (Å²) in [4.78, 5) is 0. The lowest BCUT2D eigenvalue weighted by atomic mass is 10.2. The molecule has 0 aromatic heterocycles. The molecule has 1 aromatic carbocycles. The molecule has 0 radical (unpaired) electrons. The summed E-state index contributed by atoms with van der Waals surface area (Å²) in [5.41, 5.74) is 1.28. The van der Waals surface area contributed by atoms with Crippen LogP contribution >= 0.6 is 23.4 Å². The van der Waals surface area contributed by atoms with E-state index >= 15 is 0 Å². The SMILES string of the molecule is CSCCNCc1ccc(Cl)cc1. The molecule has 0 atom stereocenters. The highest BCUT2D eigenvalue weighted by molar-refractivity contribution is 7.98. The van der Waals surface area contributed by atoms with Crippen LogP contribution in [0.1, 0.15) is 5.56 Å². The lowest BCUT2D eigenvalue weighted by Gasteiger charge is -2.03. The van der Waals surface area contributed by atoms with Crippen molar-refractivity contribution >= 4 is 23.4 Å². The first kappa shape index (κ1) is 10.9. The molecule has 0 aliphatic heterocycles. The fraction of sp³-hybridized carbons (Fsp3) is 0.400. The van der Waals surface area contributed by atoms with Crippen LogP contribution in [0, 0.1) is 0 Å². The molecule has 72 valence electrons. The van der Waals surface area contributed by atoms with Crippen molar-refractivity contribution in [3.05, 3.63) is 34.9 Å². The smallest absolute Gasteiger partial charge is 0.0406 e. The molecule has 0 heterocycles. The molecule has 1 nitrogen and oxygen atoms in total. The quantitative estimate of drug-likeness (QED) is 0.759. The summed E-state index contributed by atoms with van der Waals surface area (Å²) in [5.74, 6) is 1.16. The largest absolute Gasteiger partial charge is 0.312 e. The van der Waals surface area contributed by atoms with Crippen LogP contribution in [0.2, 0.25) is 5.02 Å². The summed E-state index contributed by atoms with van der Waals surface area (Å²) in [7, 11) is 0. The maximum Gasteiger partial charge on any atom is 0.0406 e. The molecule has 0 bridgehead atoms. The summed E-state index contributed by atoms with van der Waals surface area (Å²) in [5, 5.41) is 4.16. The van der Waals surface area contributed by atoms with Crippen molar-refractivity contribution in [2.75, 3.05) is 18.6 Å². The minimum atomic E-state index is 0.799. The van der Waals surface area contributed by atoms with Gasteiger partial charge in [-0.25, -0.2) is 0 Å². The fourth-order valence-electron chi connectivity index (χ4n) is 1.01. The number of benzene rings is 1. The number of hydrogen-bond donors (Lipinski definition) is 1. The Hall–Kier alpha value is -0.180. The van der Waals surface area contributed by atoms with Crippen LogP contribution in [0.4, 0.5) is 0 Å². The first-order valence-corrected chi connectivity index (χ1v) is 6.04. The Morgan fingerprint density at radius 1 is 1.31 bits per heavy atom. The van der Waals surface area contributed by atoms with Crippen LogP contribution < -0.4 is 5.32 Å². The molecule has 0 fully saturated rings. The Labute approximate surface area is 88.9 Å². The number of rotatable bonds is 5. The minimum absolute atomic E-state index is 0.799. The van der Waals surface area contributed by atoms with E-state index in [0.29, 0.717) is 0 Å². The highest BCUT2D eigenvalue weighted by Crippen LogP contribution is 2.08. The number of halogens is 1. The molecule has 1 rings (SSSR count). The van der Waals surface area contributed by atoms with E-state index in [-0.39, 0.29) is 0 Å². The van der Waals surface area contributed by atoms with Gasteiger partial charge in [0.15, 0.2) is 0 Å². The van der Waals surface area contributed by atoms with Crippen LogP contribution in [-0.2, 0) is 6.54 Å². The van der Waals surface area contributed by atoms with E-state index < -0.39 is 0 Å². The second-order valence-electron chi connectivity index (χ2n) is 2.80. The van der Waals surface area contributed by atoms with Crippen molar-refractivity contribution in [3.63, 3.8) is 0 Å². The summed E-state index contributed by atoms with van der Waals surface area (Å²) in [6, 6.07) is 7.95. The van der Waals surface area contributed by atoms with E-state index in [4.69, 9.17) is 11.6 Å². The second kappa shape index (κ2) is 6.30. The van der Waals surface area contributed by atoms with E-state index in [9.17, 15) is 0 Å². The van der Waals surface area contributed by atoms with Crippen molar-refractivity contribution in [3.8, 4) is 0 Å². The average molecular weight is 216 g/mol. The second-order valence-corrected chi connectivity index (χ2v) is 4.22. The molecule has 3 heteroatoms. The average Bonchev–Trinajstić information content (AvgIpc) is 2.15. The van der Waals surface area contributed by atoms with Gasteiger partial charge in [-0.2, -0.15) is 11.8 Å². The predicted molar refractivity (Wildman–Crippen MR) is 61.5 cm³/mol. The first-order valence-electron chi connectivity index (χ1n) is 4.27. The Bertz CT molecular complexity index is 235. The molecule has 0 saturated carbocycles. The van der Waals surface area contributed by atoms with Crippen LogP contribution in [-0.4, -0.2) is 18.6 Å². The summed E-state index contributed by atoms with van der Waals surface area (Å²) in [6.45, 7) is 1.99. The van der Waals surface area contributed by atoms with Gasteiger partial charge in [-0.15, -0.1) is 0 Å². The highest BCUT2D eigenvalue weighted by atomic mass is 35.5. The molecule has 0 aliphatic carbocycles. The van der Waals surface area contributed by atoms with Crippen molar-refractivity contribution < 1.29 is 0 Å². The standard InChI is InChI=1S/C10H14ClNS/c1-13-7-6-12-8-9-2-4-10(11)5-3-9/h2-5,12H,6-8H2,1H3. The zero-order valence-corrected chi connectivity index (χ0v) is 9.29. The molecule has 1 aromatic rings. The van der Waals surface area contributed by atoms with Gasteiger partial charge in [0.25, 0.3) is 0 Å². The predicted octanol–water partition coefficient (Wildman–Crippen LogP) is 2.79. The minimum Gasteiger partial charge on any atom is -0.312 e. The third-order valence-electron chi connectivity index (χ3n) is 1.73. The van der Waals surface area contributed by atoms with Crippen LogP contribution in [0.25, 0.3) is 0 Å². The molecule has 0 spiro atoms. The Morgan fingerprint density at radius 2 is 2.00 bits per heavy atom. The Morgan fingerprint density at radius 3 is 2.62 bits per heavy atom. The van der Waals surface area contributed by atoms with Gasteiger partial charge in [0.2, 0.25) is 0 Å². The summed E-state index contributed by atoms with van der Waals surface area (Å²) >= 11 is 7.63. The molecular formula is C10H14ClNS. The van der Waals surface area contributed by atoms with Crippen molar-refractivity contribution in [1.29, 1.82) is 0 Å². The highest BCUT2D eigenvalue weighted by Gasteiger charge is 1.91. The first-order chi connectivity index (χ1) is 6.33. The van der Waals surface area contributed by atoms with Gasteiger partial charge < -0.3 is 5.32 Å². The topological polar surface area (TPSA) is 12.0 Å². The zero-order valence-electron chi connectivity index (χ0n) is 7.72. The number of thioether (sulfide) groups is 1. The lowest BCUT2D eigenvalue weighted by molar-refractivity contribution is 0.732. The molecule has 13 heavy (non-hydrogen) atoms. The number of nitrogens with one attached hydrogen (secondary N) is 1. The fourth-order valence-corrected chi connectivity index (χ4v) is 1.48. The number of hydrogen-bond acceptors (Lipinski definition) is 2. The summed E-state index contributed by atoms with van der Waals surface area (Å²) < 4.78 is 0. The van der Waals surface area contributed by atoms with Crippen LogP contribution in [0.5, 0.6) is 0 Å². The van der Waals surface area contributed by atoms with Crippen molar-refractivity contribution in [2.45, 2.75) is 6.54 Å². The van der Waals surface area contributed by atoms with E-state index in [1.165, 1.54) is 5.56 Å². The molecule has 0 amide bonds. The van der Waals surface area contributed by atoms with E-state index in [1.807, 2.05) is 23.9 Å². The van der Waals surface area contributed by atoms with Crippen molar-refractivity contribution in [2.24, 2.45) is 0 Å². The van der Waals surface area contributed by atoms with Gasteiger partial charge in [0.05, 0.1) is 0 Å². The summed E-state index contributed by atoms with van der Waals surface area (Å²) in [6.07, 6.45) is 2.12. The van der Waals surface area contributed by atoms with Gasteiger partial charge in [-0.3, -0.25) is 0 Å². The molecule has 0 saturated heterocycles. The van der Waals surface area contributed by atoms with Gasteiger partial charge in [0, 0.05) is 23.9 Å². The van der Waals surface area contributed by atoms with Gasteiger partial charge in [0.1, 0.15) is 0 Å². The third kappa shape index (κ3) is 4.55. The zero-order chi connectivity index (χ0) is 9.52. The van der Waals surface area contributed by atoms with Gasteiger partial charge in [-0.05, 0) is 24.0 Å². The maximum atomic E-state index is 5.77. The van der Waals surface area contributed by atoms with Gasteiger partial charge >= 0.3 is 0 Å². The van der Waals surface area contributed by atoms with Crippen LogP contribution in [0.15, 0.2) is 24.3 Å². The normalized spacial score (nSPS) is 10.3. The molecule has 0 aliphatic rings. The van der Waals surface area contributed by atoms with E-state index in [1.54, 1.807) is 0 Å². The third-order valence-corrected chi connectivity index (χ3v) is 2.59. The molecular weight excluding hydrogens is 202 g/mol. The van der Waals surface area contributed by atoms with E-state index in [2.05, 4.69) is 23.7 Å². The molecule has 0 unspecified atom stereocenters. The molecule has 1 N–H and O–H groups in total. The Balaban J connectivity index is 2.25.